The number of likely N-dealkylation sites (tertiary alicyclic amines) is 1. The lowest BCUT2D eigenvalue weighted by Crippen LogP contribution is -2.40. The molecule has 0 amide bonds. The number of guanidine groups is 1. The van der Waals surface area contributed by atoms with Gasteiger partial charge >= 0.3 is 0 Å². The molecule has 2 N–H and O–H groups in total. The predicted molar refractivity (Wildman–Crippen MR) is 132 cm³/mol. The molecule has 3 aliphatic rings. The van der Waals surface area contributed by atoms with E-state index in [-0.39, 0.29) is 30.1 Å². The van der Waals surface area contributed by atoms with Crippen molar-refractivity contribution in [3.63, 3.8) is 0 Å². The summed E-state index contributed by atoms with van der Waals surface area (Å²) in [6.07, 6.45) is 5.21. The third-order valence-electron chi connectivity index (χ3n) is 6.09. The Kier molecular flexibility index (Phi) is 9.07. The minimum Gasteiger partial charge on any atom is -0.488 e. The molecule has 0 spiro atoms. The van der Waals surface area contributed by atoms with Crippen molar-refractivity contribution in [1.29, 1.82) is 0 Å². The van der Waals surface area contributed by atoms with Crippen LogP contribution in [-0.2, 0) is 11.3 Å². The van der Waals surface area contributed by atoms with E-state index in [1.54, 1.807) is 0 Å². The van der Waals surface area contributed by atoms with E-state index < -0.39 is 0 Å². The summed E-state index contributed by atoms with van der Waals surface area (Å²) in [7, 11) is 0. The molecule has 2 saturated heterocycles. The number of nitrogens with one attached hydrogen (secondary N) is 2. The van der Waals surface area contributed by atoms with Gasteiger partial charge in [-0.2, -0.15) is 0 Å². The van der Waals surface area contributed by atoms with Gasteiger partial charge in [0.15, 0.2) is 5.96 Å². The Morgan fingerprint density at radius 1 is 1.23 bits per heavy atom. The second-order valence-corrected chi connectivity index (χ2v) is 8.67. The van der Waals surface area contributed by atoms with Crippen LogP contribution in [-0.4, -0.2) is 62.4 Å². The van der Waals surface area contributed by atoms with Gasteiger partial charge in [0.2, 0.25) is 0 Å². The Labute approximate surface area is 198 Å². The van der Waals surface area contributed by atoms with Crippen LogP contribution < -0.4 is 15.4 Å². The minimum absolute atomic E-state index is 0. The van der Waals surface area contributed by atoms with Gasteiger partial charge in [0, 0.05) is 37.7 Å². The second-order valence-electron chi connectivity index (χ2n) is 8.67. The largest absolute Gasteiger partial charge is 0.488 e. The van der Waals surface area contributed by atoms with Gasteiger partial charge in [-0.3, -0.25) is 0 Å². The highest BCUT2D eigenvalue weighted by molar-refractivity contribution is 14.0. The zero-order chi connectivity index (χ0) is 20.1. The van der Waals surface area contributed by atoms with E-state index in [1.165, 1.54) is 37.9 Å². The Balaban J connectivity index is 0.00000256. The van der Waals surface area contributed by atoms with Gasteiger partial charge in [-0.25, -0.2) is 4.99 Å². The van der Waals surface area contributed by atoms with E-state index in [0.717, 1.165) is 55.3 Å². The number of nitrogens with zero attached hydrogens (tertiary/aromatic N) is 2. The monoisotopic (exact) mass is 528 g/mol. The maximum absolute atomic E-state index is 6.22. The average Bonchev–Trinajstić information content (AvgIpc) is 3.23. The molecule has 4 rings (SSSR count). The van der Waals surface area contributed by atoms with Gasteiger partial charge in [-0.05, 0) is 57.2 Å². The molecule has 0 bridgehead atoms. The molecule has 7 heteroatoms. The molecule has 6 nitrogen and oxygen atoms in total. The Morgan fingerprint density at radius 3 is 2.83 bits per heavy atom. The van der Waals surface area contributed by atoms with Crippen LogP contribution in [0.2, 0.25) is 0 Å². The van der Waals surface area contributed by atoms with Crippen LogP contribution in [0.1, 0.15) is 43.7 Å². The average molecular weight is 528 g/mol. The van der Waals surface area contributed by atoms with E-state index in [9.17, 15) is 0 Å². The SMILES string of the molecule is CCNC(=NCc1ccc(C)cc1OC1CCOC1)NCC1CCN(C2CC2)C1.I. The lowest BCUT2D eigenvalue weighted by Gasteiger charge is -2.18. The van der Waals surface area contributed by atoms with Crippen LogP contribution in [0, 0.1) is 12.8 Å². The number of halogens is 1. The molecule has 1 aromatic carbocycles. The van der Waals surface area contributed by atoms with Crippen molar-refractivity contribution in [1.82, 2.24) is 15.5 Å². The van der Waals surface area contributed by atoms with Gasteiger partial charge in [0.1, 0.15) is 11.9 Å². The van der Waals surface area contributed by atoms with Crippen molar-refractivity contribution in [2.75, 3.05) is 39.4 Å². The van der Waals surface area contributed by atoms with Crippen molar-refractivity contribution < 1.29 is 9.47 Å². The molecule has 2 atom stereocenters. The quantitative estimate of drug-likeness (QED) is 0.308. The first-order chi connectivity index (χ1) is 14.2. The summed E-state index contributed by atoms with van der Waals surface area (Å²) in [5.41, 5.74) is 2.33. The van der Waals surface area contributed by atoms with Gasteiger partial charge in [0.25, 0.3) is 0 Å². The number of hydrogen-bond donors (Lipinski definition) is 2. The van der Waals surface area contributed by atoms with E-state index in [0.29, 0.717) is 13.2 Å². The number of aryl methyl sites for hydroxylation is 1. The predicted octanol–water partition coefficient (Wildman–Crippen LogP) is 3.32. The molecule has 0 aromatic heterocycles. The molecule has 1 aliphatic carbocycles. The zero-order valence-electron chi connectivity index (χ0n) is 18.4. The summed E-state index contributed by atoms with van der Waals surface area (Å²) in [5.74, 6) is 2.56. The Hall–Kier alpha value is -1.06. The second kappa shape index (κ2) is 11.5. The summed E-state index contributed by atoms with van der Waals surface area (Å²) < 4.78 is 11.7. The van der Waals surface area contributed by atoms with Crippen molar-refractivity contribution >= 4 is 29.9 Å². The fraction of sp³-hybridized carbons (Fsp3) is 0.696. The van der Waals surface area contributed by atoms with E-state index in [2.05, 4.69) is 47.6 Å². The molecule has 2 aliphatic heterocycles. The number of hydrogen-bond acceptors (Lipinski definition) is 4. The van der Waals surface area contributed by atoms with Crippen LogP contribution in [0.25, 0.3) is 0 Å². The third kappa shape index (κ3) is 6.72. The zero-order valence-corrected chi connectivity index (χ0v) is 20.7. The van der Waals surface area contributed by atoms with Crippen LogP contribution in [0.5, 0.6) is 5.75 Å². The van der Waals surface area contributed by atoms with Gasteiger partial charge in [0.05, 0.1) is 19.8 Å². The summed E-state index contributed by atoms with van der Waals surface area (Å²) in [6.45, 7) is 10.6. The van der Waals surface area contributed by atoms with Crippen LogP contribution in [0.15, 0.2) is 23.2 Å². The molecule has 2 unspecified atom stereocenters. The molecule has 1 aromatic rings. The third-order valence-corrected chi connectivity index (χ3v) is 6.09. The molecular weight excluding hydrogens is 491 g/mol. The highest BCUT2D eigenvalue weighted by atomic mass is 127. The molecule has 1 saturated carbocycles. The number of ether oxygens (including phenoxy) is 2. The summed E-state index contributed by atoms with van der Waals surface area (Å²) in [4.78, 5) is 7.51. The highest BCUT2D eigenvalue weighted by Crippen LogP contribution is 2.31. The van der Waals surface area contributed by atoms with Crippen LogP contribution >= 0.6 is 24.0 Å². The molecule has 168 valence electrons. The smallest absolute Gasteiger partial charge is 0.191 e. The van der Waals surface area contributed by atoms with Crippen molar-refractivity contribution in [3.8, 4) is 5.75 Å². The molecule has 0 radical (unpaired) electrons. The lowest BCUT2D eigenvalue weighted by atomic mass is 10.1. The fourth-order valence-electron chi connectivity index (χ4n) is 4.24. The highest BCUT2D eigenvalue weighted by Gasteiger charge is 2.34. The topological polar surface area (TPSA) is 58.1 Å². The first-order valence-corrected chi connectivity index (χ1v) is 11.3. The van der Waals surface area contributed by atoms with Crippen LogP contribution in [0.3, 0.4) is 0 Å². The first-order valence-electron chi connectivity index (χ1n) is 11.3. The normalized spacial score (nSPS) is 24.5. The minimum atomic E-state index is 0. The Morgan fingerprint density at radius 2 is 2.10 bits per heavy atom. The maximum Gasteiger partial charge on any atom is 0.191 e. The molecule has 2 heterocycles. The first kappa shape index (κ1) is 23.6. The van der Waals surface area contributed by atoms with Gasteiger partial charge in [-0.15, -0.1) is 24.0 Å². The molecular formula is C23H37IN4O2. The Bertz CT molecular complexity index is 704. The van der Waals surface area contributed by atoms with Gasteiger partial charge < -0.3 is 25.0 Å². The summed E-state index contributed by atoms with van der Waals surface area (Å²) in [6, 6.07) is 7.27. The van der Waals surface area contributed by atoms with E-state index in [4.69, 9.17) is 14.5 Å². The van der Waals surface area contributed by atoms with Gasteiger partial charge in [-0.1, -0.05) is 12.1 Å². The summed E-state index contributed by atoms with van der Waals surface area (Å²) >= 11 is 0. The maximum atomic E-state index is 6.22. The fourth-order valence-corrected chi connectivity index (χ4v) is 4.24. The standard InChI is InChI=1S/C23H36N4O2.HI/c1-3-24-23(25-13-18-8-10-27(15-18)20-6-7-20)26-14-19-5-4-17(2)12-22(19)29-21-9-11-28-16-21;/h4-5,12,18,20-21H,3,6-11,13-16H2,1-2H3,(H2,24,25,26);1H. The van der Waals surface area contributed by atoms with Crippen molar-refractivity contribution in [3.05, 3.63) is 29.3 Å². The van der Waals surface area contributed by atoms with Crippen LogP contribution in [0.4, 0.5) is 0 Å². The van der Waals surface area contributed by atoms with E-state index in [1.807, 2.05) is 0 Å². The molecule has 30 heavy (non-hydrogen) atoms. The van der Waals surface area contributed by atoms with Crippen molar-refractivity contribution in [2.24, 2.45) is 10.9 Å². The number of aliphatic imine (C=N–C) groups is 1. The van der Waals surface area contributed by atoms with Crippen molar-refractivity contribution in [2.45, 2.75) is 58.2 Å². The number of rotatable bonds is 8. The lowest BCUT2D eigenvalue weighted by molar-refractivity contribution is 0.140. The van der Waals surface area contributed by atoms with E-state index >= 15 is 0 Å². The molecule has 3 fully saturated rings. The number of benzene rings is 1. The summed E-state index contributed by atoms with van der Waals surface area (Å²) in [5, 5.41) is 6.96.